The molecule has 6 nitrogen and oxygen atoms in total. The minimum Gasteiger partial charge on any atom is -0.325 e. The summed E-state index contributed by atoms with van der Waals surface area (Å²) in [6, 6.07) is 4.36. The Hall–Kier alpha value is -1.15. The fourth-order valence-electron chi connectivity index (χ4n) is 3.03. The van der Waals surface area contributed by atoms with Crippen LogP contribution in [0.3, 0.4) is 0 Å². The predicted molar refractivity (Wildman–Crippen MR) is 99.6 cm³/mol. The number of carbonyl (C=O) groups excluding carboxylic acids is 1. The molecule has 0 saturated carbocycles. The van der Waals surface area contributed by atoms with Gasteiger partial charge in [-0.15, -0.1) is 0 Å². The highest BCUT2D eigenvalue weighted by atomic mass is 35.5. The summed E-state index contributed by atoms with van der Waals surface area (Å²) >= 11 is 6.04. The van der Waals surface area contributed by atoms with Crippen molar-refractivity contribution in [1.29, 1.82) is 0 Å². The van der Waals surface area contributed by atoms with E-state index in [-0.39, 0.29) is 21.9 Å². The number of nitrogens with one attached hydrogen (secondary N) is 2. The Balaban J connectivity index is 2.15. The quantitative estimate of drug-likeness (QED) is 0.800. The number of halogens is 1. The molecule has 1 amide bonds. The largest absolute Gasteiger partial charge is 0.325 e. The van der Waals surface area contributed by atoms with Crippen molar-refractivity contribution < 1.29 is 18.1 Å². The zero-order valence-corrected chi connectivity index (χ0v) is 16.6. The van der Waals surface area contributed by atoms with Gasteiger partial charge < -0.3 is 10.2 Å². The van der Waals surface area contributed by atoms with Crippen LogP contribution in [-0.4, -0.2) is 51.9 Å². The van der Waals surface area contributed by atoms with Gasteiger partial charge in [-0.2, -0.15) is 0 Å². The summed E-state index contributed by atoms with van der Waals surface area (Å²) in [5.41, 5.74) is 0.441. The Bertz CT molecular complexity index is 714. The van der Waals surface area contributed by atoms with Crippen LogP contribution < -0.4 is 10.2 Å². The fourth-order valence-corrected chi connectivity index (χ4v) is 4.42. The second-order valence-electron chi connectivity index (χ2n) is 6.72. The van der Waals surface area contributed by atoms with Gasteiger partial charge in [0.2, 0.25) is 10.0 Å². The Labute approximate surface area is 155 Å². The molecular weight excluding hydrogens is 362 g/mol. The average molecular weight is 389 g/mol. The number of amides is 1. The lowest BCUT2D eigenvalue weighted by molar-refractivity contribution is -0.913. The summed E-state index contributed by atoms with van der Waals surface area (Å²) in [6.07, 6.45) is 4.72. The van der Waals surface area contributed by atoms with Crippen molar-refractivity contribution in [2.24, 2.45) is 0 Å². The topological polar surface area (TPSA) is 70.9 Å². The summed E-state index contributed by atoms with van der Waals surface area (Å²) < 4.78 is 25.8. The van der Waals surface area contributed by atoms with Crippen molar-refractivity contribution in [3.8, 4) is 0 Å². The lowest BCUT2D eigenvalue weighted by atomic mass is 10.2. The number of carbonyl (C=O) groups is 1. The van der Waals surface area contributed by atoms with Crippen LogP contribution in [0.25, 0.3) is 0 Å². The van der Waals surface area contributed by atoms with Gasteiger partial charge in [-0.25, -0.2) is 12.7 Å². The van der Waals surface area contributed by atoms with Crippen molar-refractivity contribution >= 4 is 33.2 Å². The molecule has 2 rings (SSSR count). The van der Waals surface area contributed by atoms with Gasteiger partial charge in [0.1, 0.15) is 4.90 Å². The molecule has 0 spiro atoms. The molecule has 1 atom stereocenters. The molecule has 0 aliphatic carbocycles. The molecule has 1 aromatic rings. The van der Waals surface area contributed by atoms with Gasteiger partial charge in [0.15, 0.2) is 6.04 Å². The van der Waals surface area contributed by atoms with E-state index < -0.39 is 10.0 Å². The SMILES string of the molecule is C[C@@H](C(=O)Nc1ccc(Cl)c(S(=O)(=O)N(C)C)c1)[NH+]1CCCCCC1. The van der Waals surface area contributed by atoms with E-state index in [0.29, 0.717) is 5.69 Å². The molecule has 0 bridgehead atoms. The minimum atomic E-state index is -3.67. The zero-order valence-electron chi connectivity index (χ0n) is 15.0. The monoisotopic (exact) mass is 388 g/mol. The first-order valence-corrected chi connectivity index (χ1v) is 10.4. The number of rotatable bonds is 5. The van der Waals surface area contributed by atoms with Crippen LogP contribution in [0.15, 0.2) is 23.1 Å². The third kappa shape index (κ3) is 4.94. The van der Waals surface area contributed by atoms with E-state index in [2.05, 4.69) is 5.32 Å². The molecule has 140 valence electrons. The van der Waals surface area contributed by atoms with E-state index in [1.807, 2.05) is 6.92 Å². The summed E-state index contributed by atoms with van der Waals surface area (Å²) in [6.45, 7) is 3.91. The van der Waals surface area contributed by atoms with E-state index in [1.54, 1.807) is 6.07 Å². The molecule has 1 aliphatic heterocycles. The number of likely N-dealkylation sites (tertiary alicyclic amines) is 1. The van der Waals surface area contributed by atoms with E-state index in [0.717, 1.165) is 30.2 Å². The molecule has 0 radical (unpaired) electrons. The van der Waals surface area contributed by atoms with Gasteiger partial charge in [0.25, 0.3) is 5.91 Å². The molecule has 8 heteroatoms. The van der Waals surface area contributed by atoms with E-state index in [4.69, 9.17) is 11.6 Å². The van der Waals surface area contributed by atoms with Crippen molar-refractivity contribution in [2.75, 3.05) is 32.5 Å². The first kappa shape index (κ1) is 20.2. The summed E-state index contributed by atoms with van der Waals surface area (Å²) in [4.78, 5) is 13.9. The van der Waals surface area contributed by atoms with Crippen molar-refractivity contribution in [3.63, 3.8) is 0 Å². The number of quaternary nitrogens is 1. The molecule has 0 unspecified atom stereocenters. The number of anilines is 1. The molecule has 1 fully saturated rings. The highest BCUT2D eigenvalue weighted by Crippen LogP contribution is 2.26. The van der Waals surface area contributed by atoms with Crippen LogP contribution in [0.5, 0.6) is 0 Å². The smallest absolute Gasteiger partial charge is 0.282 e. The Morgan fingerprint density at radius 3 is 2.36 bits per heavy atom. The second kappa shape index (κ2) is 8.49. The van der Waals surface area contributed by atoms with Crippen LogP contribution in [0.2, 0.25) is 5.02 Å². The standard InChI is InChI=1S/C17H26ClN3O3S/c1-13(21-10-6-4-5-7-11-21)17(22)19-14-8-9-15(18)16(12-14)25(23,24)20(2)3/h8-9,12-13H,4-7,10-11H2,1-3H3,(H,19,22)/p+1/t13-/m0/s1. The van der Waals surface area contributed by atoms with Gasteiger partial charge >= 0.3 is 0 Å². The van der Waals surface area contributed by atoms with Gasteiger partial charge in [0.05, 0.1) is 18.1 Å². The van der Waals surface area contributed by atoms with Gasteiger partial charge in [0, 0.05) is 19.8 Å². The maximum atomic E-state index is 12.6. The Morgan fingerprint density at radius 2 is 1.80 bits per heavy atom. The van der Waals surface area contributed by atoms with Crippen molar-refractivity contribution in [1.82, 2.24) is 4.31 Å². The first-order valence-electron chi connectivity index (χ1n) is 8.61. The predicted octanol–water partition coefficient (Wildman–Crippen LogP) is 1.38. The molecule has 2 N–H and O–H groups in total. The third-order valence-electron chi connectivity index (χ3n) is 4.71. The normalized spacial score (nSPS) is 18.0. The molecule has 1 heterocycles. The Kier molecular flexibility index (Phi) is 6.85. The molecule has 1 saturated heterocycles. The first-order chi connectivity index (χ1) is 11.7. The molecular formula is C17H27ClN3O3S+. The van der Waals surface area contributed by atoms with Gasteiger partial charge in [-0.05, 0) is 50.8 Å². The fraction of sp³-hybridized carbons (Fsp3) is 0.588. The van der Waals surface area contributed by atoms with Crippen LogP contribution in [0.4, 0.5) is 5.69 Å². The summed E-state index contributed by atoms with van der Waals surface area (Å²) in [5, 5.41) is 2.97. The zero-order chi connectivity index (χ0) is 18.6. The maximum Gasteiger partial charge on any atom is 0.282 e. The lowest BCUT2D eigenvalue weighted by Gasteiger charge is -2.24. The number of hydrogen-bond acceptors (Lipinski definition) is 3. The number of benzene rings is 1. The molecule has 0 aromatic heterocycles. The Morgan fingerprint density at radius 1 is 1.20 bits per heavy atom. The minimum absolute atomic E-state index is 0.00765. The number of sulfonamides is 1. The highest BCUT2D eigenvalue weighted by molar-refractivity contribution is 7.89. The van der Waals surface area contributed by atoms with Crippen LogP contribution in [-0.2, 0) is 14.8 Å². The van der Waals surface area contributed by atoms with Crippen LogP contribution in [0, 0.1) is 0 Å². The lowest BCUT2D eigenvalue weighted by Crippen LogP contribution is -3.16. The van der Waals surface area contributed by atoms with Crippen molar-refractivity contribution in [3.05, 3.63) is 23.2 Å². The molecule has 1 aromatic carbocycles. The summed E-state index contributed by atoms with van der Waals surface area (Å²) in [7, 11) is -0.774. The van der Waals surface area contributed by atoms with E-state index in [1.165, 1.54) is 44.0 Å². The summed E-state index contributed by atoms with van der Waals surface area (Å²) in [5.74, 6) is -0.104. The number of hydrogen-bond donors (Lipinski definition) is 2. The van der Waals surface area contributed by atoms with E-state index >= 15 is 0 Å². The van der Waals surface area contributed by atoms with Crippen LogP contribution in [0.1, 0.15) is 32.6 Å². The third-order valence-corrected chi connectivity index (χ3v) is 7.01. The average Bonchev–Trinajstić information content (AvgIpc) is 2.84. The highest BCUT2D eigenvalue weighted by Gasteiger charge is 2.27. The van der Waals surface area contributed by atoms with Crippen LogP contribution >= 0.6 is 11.6 Å². The van der Waals surface area contributed by atoms with Crippen molar-refractivity contribution in [2.45, 2.75) is 43.5 Å². The maximum absolute atomic E-state index is 12.6. The molecule has 1 aliphatic rings. The van der Waals surface area contributed by atoms with Gasteiger partial charge in [-0.3, -0.25) is 4.79 Å². The van der Waals surface area contributed by atoms with E-state index in [9.17, 15) is 13.2 Å². The second-order valence-corrected chi connectivity index (χ2v) is 9.24. The van der Waals surface area contributed by atoms with Gasteiger partial charge in [-0.1, -0.05) is 11.6 Å². The number of nitrogens with zero attached hydrogens (tertiary/aromatic N) is 1. The molecule has 25 heavy (non-hydrogen) atoms.